The van der Waals surface area contributed by atoms with Crippen molar-refractivity contribution in [2.24, 2.45) is 4.99 Å². The third kappa shape index (κ3) is 4.29. The third-order valence-corrected chi connectivity index (χ3v) is 5.35. The van der Waals surface area contributed by atoms with Gasteiger partial charge in [-0.25, -0.2) is 4.99 Å². The number of hydrogen-bond donors (Lipinski definition) is 2. The Hall–Kier alpha value is -2.82. The normalized spacial score (nSPS) is 21.7. The van der Waals surface area contributed by atoms with Crippen LogP contribution in [0.15, 0.2) is 53.3 Å². The molecule has 5 heteroatoms. The predicted octanol–water partition coefficient (Wildman–Crippen LogP) is 5.71. The van der Waals surface area contributed by atoms with Gasteiger partial charge in [-0.05, 0) is 44.7 Å². The molecule has 1 amide bonds. The number of nitrogens with one attached hydrogen (secondary N) is 2. The van der Waals surface area contributed by atoms with Crippen LogP contribution in [0.5, 0.6) is 0 Å². The molecule has 3 rings (SSSR count). The van der Waals surface area contributed by atoms with Gasteiger partial charge < -0.3 is 15.5 Å². The molecule has 0 spiro atoms. The lowest BCUT2D eigenvalue weighted by Crippen LogP contribution is -2.48. The number of carbonyl (C=O) groups is 1. The van der Waals surface area contributed by atoms with Crippen LogP contribution < -0.4 is 10.6 Å². The summed E-state index contributed by atoms with van der Waals surface area (Å²) >= 11 is 0. The Morgan fingerprint density at radius 1 is 1.31 bits per heavy atom. The van der Waals surface area contributed by atoms with Crippen LogP contribution in [0.2, 0.25) is 0 Å². The van der Waals surface area contributed by atoms with Crippen LogP contribution in [0.3, 0.4) is 0 Å². The van der Waals surface area contributed by atoms with Crippen molar-refractivity contribution in [1.29, 1.82) is 0 Å². The van der Waals surface area contributed by atoms with Gasteiger partial charge in [0.05, 0.1) is 17.4 Å². The minimum atomic E-state index is 0.0739. The summed E-state index contributed by atoms with van der Waals surface area (Å²) in [4.78, 5) is 19.3. The smallest absolute Gasteiger partial charge is 0.224 e. The predicted molar refractivity (Wildman–Crippen MR) is 122 cm³/mol. The summed E-state index contributed by atoms with van der Waals surface area (Å²) in [5.74, 6) is 1.04. The molecule has 0 aromatic heterocycles. The highest BCUT2D eigenvalue weighted by atomic mass is 16.1. The van der Waals surface area contributed by atoms with Crippen LogP contribution >= 0.6 is 0 Å². The maximum atomic E-state index is 12.0. The molecule has 1 aromatic rings. The van der Waals surface area contributed by atoms with Crippen LogP contribution in [-0.2, 0) is 4.79 Å². The number of rotatable bonds is 6. The van der Waals surface area contributed by atoms with Gasteiger partial charge in [-0.15, -0.1) is 0 Å². The zero-order valence-electron chi connectivity index (χ0n) is 18.0. The highest BCUT2D eigenvalue weighted by Gasteiger charge is 2.35. The topological polar surface area (TPSA) is 56.7 Å². The number of nitrogens with zero attached hydrogens (tertiary/aromatic N) is 2. The summed E-state index contributed by atoms with van der Waals surface area (Å²) < 4.78 is 0. The Morgan fingerprint density at radius 3 is 2.76 bits per heavy atom. The fourth-order valence-corrected chi connectivity index (χ4v) is 4.00. The van der Waals surface area contributed by atoms with Crippen molar-refractivity contribution in [2.75, 3.05) is 5.32 Å². The average Bonchev–Trinajstić information content (AvgIpc) is 2.69. The monoisotopic (exact) mass is 392 g/mol. The number of benzene rings is 1. The number of aliphatic imine (C=N–C) groups is 1. The van der Waals surface area contributed by atoms with Gasteiger partial charge in [0.1, 0.15) is 5.84 Å². The van der Waals surface area contributed by atoms with E-state index in [2.05, 4.69) is 74.1 Å². The number of carbonyl (C=O) groups excluding carboxylic acids is 1. The molecular formula is C24H32N4O. The van der Waals surface area contributed by atoms with E-state index in [1.165, 1.54) is 0 Å². The van der Waals surface area contributed by atoms with E-state index in [4.69, 9.17) is 4.99 Å². The molecule has 0 radical (unpaired) electrons. The number of amidine groups is 1. The molecule has 2 aliphatic rings. The summed E-state index contributed by atoms with van der Waals surface area (Å²) in [7, 11) is 0. The van der Waals surface area contributed by atoms with E-state index in [-0.39, 0.29) is 11.9 Å². The van der Waals surface area contributed by atoms with E-state index < -0.39 is 0 Å². The van der Waals surface area contributed by atoms with Crippen molar-refractivity contribution < 1.29 is 4.79 Å². The summed E-state index contributed by atoms with van der Waals surface area (Å²) in [6.07, 6.45) is 8.33. The molecular weight excluding hydrogens is 360 g/mol. The molecule has 29 heavy (non-hydrogen) atoms. The SMILES string of the molecule is C=C(CC)Nc1cccc2c1/C(=C\CC)N(C1CCC(=O)NC1=CCC)C(C)=N2. The second-order valence-corrected chi connectivity index (χ2v) is 7.48. The van der Waals surface area contributed by atoms with E-state index in [0.717, 1.165) is 65.5 Å². The second kappa shape index (κ2) is 9.12. The van der Waals surface area contributed by atoms with Crippen LogP contribution in [0.4, 0.5) is 11.4 Å². The van der Waals surface area contributed by atoms with Gasteiger partial charge in [-0.1, -0.05) is 45.6 Å². The van der Waals surface area contributed by atoms with Gasteiger partial charge in [0.2, 0.25) is 5.91 Å². The number of piperidine rings is 1. The third-order valence-electron chi connectivity index (χ3n) is 5.35. The van der Waals surface area contributed by atoms with Crippen molar-refractivity contribution >= 4 is 28.8 Å². The molecule has 2 N–H and O–H groups in total. The van der Waals surface area contributed by atoms with Gasteiger partial charge in [-0.2, -0.15) is 0 Å². The van der Waals surface area contributed by atoms with Crippen LogP contribution in [0.1, 0.15) is 65.4 Å². The van der Waals surface area contributed by atoms with Gasteiger partial charge >= 0.3 is 0 Å². The molecule has 1 unspecified atom stereocenters. The molecule has 1 saturated heterocycles. The lowest BCUT2D eigenvalue weighted by molar-refractivity contribution is -0.121. The fourth-order valence-electron chi connectivity index (χ4n) is 4.00. The van der Waals surface area contributed by atoms with Gasteiger partial charge in [0, 0.05) is 29.1 Å². The number of fused-ring (bicyclic) bond motifs is 1. The number of hydrogen-bond acceptors (Lipinski definition) is 4. The van der Waals surface area contributed by atoms with Crippen molar-refractivity contribution in [3.05, 3.63) is 53.9 Å². The molecule has 0 bridgehead atoms. The number of allylic oxidation sites excluding steroid dienone is 3. The van der Waals surface area contributed by atoms with Crippen LogP contribution in [0.25, 0.3) is 5.70 Å². The highest BCUT2D eigenvalue weighted by Crippen LogP contribution is 2.42. The van der Waals surface area contributed by atoms with Crippen LogP contribution in [-0.4, -0.2) is 22.7 Å². The molecule has 5 nitrogen and oxygen atoms in total. The van der Waals surface area contributed by atoms with Gasteiger partial charge in [-0.3, -0.25) is 4.79 Å². The Kier molecular flexibility index (Phi) is 6.57. The van der Waals surface area contributed by atoms with E-state index in [1.807, 2.05) is 6.07 Å². The molecule has 0 saturated carbocycles. The quantitative estimate of drug-likeness (QED) is 0.652. The number of anilines is 1. The zero-order valence-corrected chi connectivity index (χ0v) is 18.0. The number of amides is 1. The molecule has 1 aromatic carbocycles. The highest BCUT2D eigenvalue weighted by molar-refractivity contribution is 6.00. The second-order valence-electron chi connectivity index (χ2n) is 7.48. The molecule has 1 atom stereocenters. The van der Waals surface area contributed by atoms with Gasteiger partial charge in [0.15, 0.2) is 0 Å². The van der Waals surface area contributed by atoms with E-state index >= 15 is 0 Å². The van der Waals surface area contributed by atoms with Crippen molar-refractivity contribution in [2.45, 2.75) is 65.8 Å². The Labute approximate surface area is 174 Å². The maximum Gasteiger partial charge on any atom is 0.224 e. The molecule has 1 fully saturated rings. The summed E-state index contributed by atoms with van der Waals surface area (Å²) in [5, 5.41) is 6.57. The molecule has 2 heterocycles. The van der Waals surface area contributed by atoms with E-state index in [9.17, 15) is 4.79 Å². The van der Waals surface area contributed by atoms with Crippen molar-refractivity contribution in [1.82, 2.24) is 10.2 Å². The zero-order chi connectivity index (χ0) is 21.0. The molecule has 154 valence electrons. The standard InChI is InChI=1S/C24H32N4O/c1-6-10-18-21(14-15-23(29)27-18)28-17(5)26-20-13-9-12-19(25-16(4)8-3)24(20)22(28)11-7-2/h9-13,21,25H,4,6-8,14-15H2,1-3,5H3,(H,27,29)/b18-10?,22-11+. The first kappa shape index (κ1) is 20.9. The minimum absolute atomic E-state index is 0.0739. The maximum absolute atomic E-state index is 12.0. The summed E-state index contributed by atoms with van der Waals surface area (Å²) in [5.41, 5.74) is 6.19. The Bertz CT molecular complexity index is 894. The van der Waals surface area contributed by atoms with Crippen LogP contribution in [0, 0.1) is 0 Å². The Balaban J connectivity index is 2.12. The van der Waals surface area contributed by atoms with Crippen molar-refractivity contribution in [3.63, 3.8) is 0 Å². The van der Waals surface area contributed by atoms with Crippen molar-refractivity contribution in [3.8, 4) is 0 Å². The fraction of sp³-hybridized carbons (Fsp3) is 0.417. The largest absolute Gasteiger partial charge is 0.359 e. The first-order chi connectivity index (χ1) is 14.0. The Morgan fingerprint density at radius 2 is 2.07 bits per heavy atom. The van der Waals surface area contributed by atoms with Gasteiger partial charge in [0.25, 0.3) is 0 Å². The first-order valence-electron chi connectivity index (χ1n) is 10.6. The lowest BCUT2D eigenvalue weighted by Gasteiger charge is -2.41. The van der Waals surface area contributed by atoms with E-state index in [0.29, 0.717) is 6.42 Å². The van der Waals surface area contributed by atoms with E-state index in [1.54, 1.807) is 0 Å². The first-order valence-corrected chi connectivity index (χ1v) is 10.6. The average molecular weight is 393 g/mol. The molecule has 0 aliphatic carbocycles. The lowest BCUT2D eigenvalue weighted by atomic mass is 9.95. The molecule has 2 aliphatic heterocycles. The minimum Gasteiger partial charge on any atom is -0.359 e. The summed E-state index contributed by atoms with van der Waals surface area (Å²) in [6, 6.07) is 6.25. The summed E-state index contributed by atoms with van der Waals surface area (Å²) in [6.45, 7) is 12.5.